The number of carbonyl (C=O) groups excluding carboxylic acids is 1. The third-order valence-corrected chi connectivity index (χ3v) is 3.66. The van der Waals surface area contributed by atoms with Gasteiger partial charge in [0, 0.05) is 0 Å². The van der Waals surface area contributed by atoms with Crippen LogP contribution in [0.15, 0.2) is 30.3 Å². The van der Waals surface area contributed by atoms with Crippen molar-refractivity contribution in [2.24, 2.45) is 0 Å². The minimum Gasteiger partial charge on any atom is -0.453 e. The first-order valence-corrected chi connectivity index (χ1v) is 7.02. The molecule has 2 aliphatic heterocycles. The van der Waals surface area contributed by atoms with Crippen LogP contribution in [0.5, 0.6) is 0 Å². The van der Waals surface area contributed by atoms with E-state index < -0.39 is 0 Å². The monoisotopic (exact) mass is 293 g/mol. The fourth-order valence-electron chi connectivity index (χ4n) is 2.61. The molecule has 0 unspecified atom stereocenters. The average Bonchev–Trinajstić information content (AvgIpc) is 2.81. The molecule has 0 spiro atoms. The molecule has 0 N–H and O–H groups in total. The Hall–Kier alpha value is -1.63. The third kappa shape index (κ3) is 3.34. The van der Waals surface area contributed by atoms with Gasteiger partial charge < -0.3 is 23.8 Å². The zero-order chi connectivity index (χ0) is 14.7. The van der Waals surface area contributed by atoms with E-state index in [9.17, 15) is 4.79 Å². The van der Waals surface area contributed by atoms with Gasteiger partial charge in [0.05, 0.1) is 33.4 Å². The van der Waals surface area contributed by atoms with Crippen LogP contribution < -0.4 is 0 Å². The first-order valence-electron chi connectivity index (χ1n) is 7.02. The maximum absolute atomic E-state index is 11.6. The van der Waals surface area contributed by atoms with Gasteiger partial charge >= 0.3 is 6.09 Å². The van der Waals surface area contributed by atoms with Gasteiger partial charge in [-0.2, -0.15) is 0 Å². The number of morpholine rings is 1. The molecule has 2 aliphatic rings. The van der Waals surface area contributed by atoms with Gasteiger partial charge in [-0.05, 0) is 5.56 Å². The van der Waals surface area contributed by atoms with Crippen LogP contribution in [0.1, 0.15) is 5.56 Å². The Morgan fingerprint density at radius 3 is 2.86 bits per heavy atom. The number of carbonyl (C=O) groups is 1. The van der Waals surface area contributed by atoms with Crippen LogP contribution in [-0.2, 0) is 25.6 Å². The molecule has 3 rings (SSSR count). The first-order chi connectivity index (χ1) is 10.3. The molecular weight excluding hydrogens is 274 g/mol. The number of methoxy groups -OCH3 is 1. The van der Waals surface area contributed by atoms with Crippen molar-refractivity contribution in [3.05, 3.63) is 35.9 Å². The minimum absolute atomic E-state index is 0.145. The van der Waals surface area contributed by atoms with Gasteiger partial charge in [-0.15, -0.1) is 0 Å². The second kappa shape index (κ2) is 6.43. The Balaban J connectivity index is 1.48. The van der Waals surface area contributed by atoms with Crippen LogP contribution in [0.4, 0.5) is 4.79 Å². The van der Waals surface area contributed by atoms with E-state index in [0.29, 0.717) is 26.3 Å². The lowest BCUT2D eigenvalue weighted by atomic mass is 10.2. The van der Waals surface area contributed by atoms with Crippen molar-refractivity contribution in [2.45, 2.75) is 25.1 Å². The topological polar surface area (TPSA) is 57.2 Å². The van der Waals surface area contributed by atoms with E-state index in [2.05, 4.69) is 0 Å². The fourth-order valence-corrected chi connectivity index (χ4v) is 2.61. The molecule has 1 aromatic rings. The van der Waals surface area contributed by atoms with Crippen LogP contribution in [0.25, 0.3) is 0 Å². The number of benzene rings is 1. The summed E-state index contributed by atoms with van der Waals surface area (Å²) in [6.07, 6.45) is -1.03. The first kappa shape index (κ1) is 14.3. The summed E-state index contributed by atoms with van der Waals surface area (Å²) < 4.78 is 21.9. The molecule has 0 saturated carbocycles. The summed E-state index contributed by atoms with van der Waals surface area (Å²) in [7, 11) is 1.38. The molecule has 1 amide bonds. The lowest BCUT2D eigenvalue weighted by molar-refractivity contribution is -0.107. The van der Waals surface area contributed by atoms with Crippen LogP contribution in [0, 0.1) is 0 Å². The number of rotatable bonds is 4. The molecular formula is C15H19NO5. The molecule has 1 aromatic carbocycles. The van der Waals surface area contributed by atoms with E-state index in [4.69, 9.17) is 18.9 Å². The Morgan fingerprint density at radius 2 is 2.10 bits per heavy atom. The average molecular weight is 293 g/mol. The normalized spacial score (nSPS) is 27.7. The molecule has 6 nitrogen and oxygen atoms in total. The van der Waals surface area contributed by atoms with Gasteiger partial charge in [0.1, 0.15) is 12.2 Å². The van der Waals surface area contributed by atoms with Gasteiger partial charge in [0.25, 0.3) is 0 Å². The van der Waals surface area contributed by atoms with E-state index in [-0.39, 0.29) is 24.6 Å². The highest BCUT2D eigenvalue weighted by Gasteiger charge is 2.43. The largest absolute Gasteiger partial charge is 0.453 e. The van der Waals surface area contributed by atoms with E-state index in [1.54, 1.807) is 4.90 Å². The SMILES string of the molecule is COC(=O)N1C[C@H]2O[C@@H](C1)[C@@H](COCc1ccccc1)O2. The van der Waals surface area contributed by atoms with E-state index in [1.165, 1.54) is 7.11 Å². The molecule has 0 radical (unpaired) electrons. The molecule has 0 aliphatic carbocycles. The zero-order valence-electron chi connectivity index (χ0n) is 11.9. The van der Waals surface area contributed by atoms with Crippen molar-refractivity contribution in [1.29, 1.82) is 0 Å². The number of fused-ring (bicyclic) bond motifs is 2. The quantitative estimate of drug-likeness (QED) is 0.840. The smallest absolute Gasteiger partial charge is 0.409 e. The van der Waals surface area contributed by atoms with Crippen molar-refractivity contribution >= 4 is 6.09 Å². The number of nitrogens with zero attached hydrogens (tertiary/aromatic N) is 1. The molecule has 2 saturated heterocycles. The fraction of sp³-hybridized carbons (Fsp3) is 0.533. The summed E-state index contributed by atoms with van der Waals surface area (Å²) in [6.45, 7) is 1.87. The summed E-state index contributed by atoms with van der Waals surface area (Å²) in [5, 5.41) is 0. The maximum Gasteiger partial charge on any atom is 0.409 e. The van der Waals surface area contributed by atoms with Crippen molar-refractivity contribution in [1.82, 2.24) is 4.90 Å². The molecule has 2 bridgehead atoms. The highest BCUT2D eigenvalue weighted by Crippen LogP contribution is 2.26. The summed E-state index contributed by atoms with van der Waals surface area (Å²) in [4.78, 5) is 13.2. The minimum atomic E-state index is -0.381. The molecule has 114 valence electrons. The van der Waals surface area contributed by atoms with E-state index in [0.717, 1.165) is 5.56 Å². The van der Waals surface area contributed by atoms with Crippen LogP contribution in [0.3, 0.4) is 0 Å². The van der Waals surface area contributed by atoms with E-state index >= 15 is 0 Å². The van der Waals surface area contributed by atoms with Crippen molar-refractivity contribution in [3.63, 3.8) is 0 Å². The number of ether oxygens (including phenoxy) is 4. The van der Waals surface area contributed by atoms with Crippen molar-refractivity contribution in [3.8, 4) is 0 Å². The molecule has 0 aromatic heterocycles. The Kier molecular flexibility index (Phi) is 4.38. The van der Waals surface area contributed by atoms with Crippen LogP contribution >= 0.6 is 0 Å². The predicted molar refractivity (Wildman–Crippen MR) is 73.6 cm³/mol. The summed E-state index contributed by atoms with van der Waals surface area (Å²) in [5.41, 5.74) is 1.12. The van der Waals surface area contributed by atoms with Crippen LogP contribution in [-0.4, -0.2) is 56.3 Å². The Morgan fingerprint density at radius 1 is 1.29 bits per heavy atom. The van der Waals surface area contributed by atoms with Gasteiger partial charge in [-0.25, -0.2) is 4.79 Å². The predicted octanol–water partition coefficient (Wildman–Crippen LogP) is 1.40. The maximum atomic E-state index is 11.6. The van der Waals surface area contributed by atoms with E-state index in [1.807, 2.05) is 30.3 Å². The van der Waals surface area contributed by atoms with Gasteiger partial charge in [-0.3, -0.25) is 0 Å². The lowest BCUT2D eigenvalue weighted by Gasteiger charge is -2.29. The summed E-state index contributed by atoms with van der Waals surface area (Å²) >= 11 is 0. The number of hydrogen-bond donors (Lipinski definition) is 0. The van der Waals surface area contributed by atoms with Crippen molar-refractivity contribution in [2.75, 3.05) is 26.8 Å². The molecule has 3 atom stereocenters. The van der Waals surface area contributed by atoms with Gasteiger partial charge in [0.2, 0.25) is 0 Å². The third-order valence-electron chi connectivity index (χ3n) is 3.66. The second-order valence-corrected chi connectivity index (χ2v) is 5.15. The highest BCUT2D eigenvalue weighted by atomic mass is 16.7. The molecule has 21 heavy (non-hydrogen) atoms. The lowest BCUT2D eigenvalue weighted by Crippen LogP contribution is -2.47. The molecule has 6 heteroatoms. The zero-order valence-corrected chi connectivity index (χ0v) is 11.9. The van der Waals surface area contributed by atoms with Gasteiger partial charge in [-0.1, -0.05) is 30.3 Å². The molecule has 2 fully saturated rings. The van der Waals surface area contributed by atoms with Gasteiger partial charge in [0.15, 0.2) is 6.29 Å². The summed E-state index contributed by atoms with van der Waals surface area (Å²) in [6, 6.07) is 9.97. The highest BCUT2D eigenvalue weighted by molar-refractivity contribution is 5.67. The van der Waals surface area contributed by atoms with Crippen LogP contribution in [0.2, 0.25) is 0 Å². The number of hydrogen-bond acceptors (Lipinski definition) is 5. The summed E-state index contributed by atoms with van der Waals surface area (Å²) in [5.74, 6) is 0. The van der Waals surface area contributed by atoms with Crippen molar-refractivity contribution < 1.29 is 23.7 Å². The Bertz CT molecular complexity index is 480. The molecule has 2 heterocycles. The Labute approximate surface area is 123 Å². The second-order valence-electron chi connectivity index (χ2n) is 5.15. The standard InChI is InChI=1S/C15H19NO5/c1-18-15(17)16-7-12-13(21-14(8-16)20-12)10-19-9-11-5-3-2-4-6-11/h2-6,12-14H,7-10H2,1H3/t12-,13+,14-/m0/s1. The number of amides is 1.